The van der Waals surface area contributed by atoms with Crippen molar-refractivity contribution in [3.63, 3.8) is 0 Å². The highest BCUT2D eigenvalue weighted by molar-refractivity contribution is 4.91. The summed E-state index contributed by atoms with van der Waals surface area (Å²) < 4.78 is 0. The Hall–Kier alpha value is -0.660. The van der Waals surface area contributed by atoms with Gasteiger partial charge in [0.05, 0.1) is 0 Å². The maximum absolute atomic E-state index is 3.07. The minimum atomic E-state index is 0.985. The van der Waals surface area contributed by atoms with Gasteiger partial charge in [-0.25, -0.2) is 0 Å². The summed E-state index contributed by atoms with van der Waals surface area (Å²) >= 11 is 0. The molecule has 0 spiro atoms. The molecule has 0 heterocycles. The standard InChI is InChI=1S/C6H14N2/c1-4-8-5-6(2)7-3/h5,7-8H,4H2,1-3H3/b6-5+. The van der Waals surface area contributed by atoms with Crippen LogP contribution >= 0.6 is 0 Å². The van der Waals surface area contributed by atoms with E-state index in [0.717, 1.165) is 12.2 Å². The summed E-state index contributed by atoms with van der Waals surface area (Å²) in [4.78, 5) is 0. The van der Waals surface area contributed by atoms with Gasteiger partial charge in [0.25, 0.3) is 0 Å². The molecule has 0 saturated carbocycles. The van der Waals surface area contributed by atoms with Crippen molar-refractivity contribution in [2.75, 3.05) is 13.6 Å². The molecule has 0 fully saturated rings. The highest BCUT2D eigenvalue weighted by atomic mass is 14.9. The fourth-order valence-corrected chi connectivity index (χ4v) is 0.327. The molecule has 0 radical (unpaired) electrons. The number of hydrogen-bond acceptors (Lipinski definition) is 2. The van der Waals surface area contributed by atoms with Gasteiger partial charge in [0.15, 0.2) is 0 Å². The van der Waals surface area contributed by atoms with E-state index in [4.69, 9.17) is 0 Å². The lowest BCUT2D eigenvalue weighted by Gasteiger charge is -1.98. The first-order chi connectivity index (χ1) is 3.81. The molecule has 8 heavy (non-hydrogen) atoms. The van der Waals surface area contributed by atoms with Gasteiger partial charge in [-0.2, -0.15) is 0 Å². The molecule has 0 rings (SSSR count). The van der Waals surface area contributed by atoms with Crippen LogP contribution in [0.3, 0.4) is 0 Å². The van der Waals surface area contributed by atoms with Crippen LogP contribution in [-0.4, -0.2) is 13.6 Å². The average molecular weight is 114 g/mol. The van der Waals surface area contributed by atoms with Crippen molar-refractivity contribution in [3.05, 3.63) is 11.9 Å². The van der Waals surface area contributed by atoms with E-state index in [1.165, 1.54) is 0 Å². The molecule has 0 unspecified atom stereocenters. The zero-order chi connectivity index (χ0) is 6.41. The van der Waals surface area contributed by atoms with Crippen LogP contribution in [0.25, 0.3) is 0 Å². The van der Waals surface area contributed by atoms with Crippen LogP contribution in [0.1, 0.15) is 13.8 Å². The van der Waals surface area contributed by atoms with Crippen molar-refractivity contribution in [3.8, 4) is 0 Å². The first-order valence-electron chi connectivity index (χ1n) is 2.89. The Kier molecular flexibility index (Phi) is 4.13. The van der Waals surface area contributed by atoms with Crippen LogP contribution < -0.4 is 10.6 Å². The molecule has 2 nitrogen and oxygen atoms in total. The second-order valence-electron chi connectivity index (χ2n) is 1.64. The van der Waals surface area contributed by atoms with E-state index in [-0.39, 0.29) is 0 Å². The minimum Gasteiger partial charge on any atom is -0.390 e. The fraction of sp³-hybridized carbons (Fsp3) is 0.667. The molecule has 0 atom stereocenters. The number of rotatable bonds is 3. The lowest BCUT2D eigenvalue weighted by Crippen LogP contribution is -2.09. The zero-order valence-electron chi connectivity index (χ0n) is 5.78. The van der Waals surface area contributed by atoms with Gasteiger partial charge < -0.3 is 10.6 Å². The van der Waals surface area contributed by atoms with Crippen LogP contribution in [0.15, 0.2) is 11.9 Å². The quantitative estimate of drug-likeness (QED) is 0.563. The van der Waals surface area contributed by atoms with Crippen molar-refractivity contribution in [1.29, 1.82) is 0 Å². The molecule has 2 N–H and O–H groups in total. The van der Waals surface area contributed by atoms with E-state index >= 15 is 0 Å². The van der Waals surface area contributed by atoms with Crippen molar-refractivity contribution >= 4 is 0 Å². The van der Waals surface area contributed by atoms with Crippen LogP contribution in [0, 0.1) is 0 Å². The van der Waals surface area contributed by atoms with Crippen molar-refractivity contribution in [2.24, 2.45) is 0 Å². The highest BCUT2D eigenvalue weighted by Gasteiger charge is 1.75. The average Bonchev–Trinajstić information content (AvgIpc) is 1.83. The van der Waals surface area contributed by atoms with E-state index in [2.05, 4.69) is 17.6 Å². The molecule has 0 aromatic rings. The maximum atomic E-state index is 3.07. The molecule has 48 valence electrons. The summed E-state index contributed by atoms with van der Waals surface area (Å²) in [6.07, 6.45) is 1.96. The lowest BCUT2D eigenvalue weighted by atomic mass is 10.5. The summed E-state index contributed by atoms with van der Waals surface area (Å²) in [6.45, 7) is 5.07. The second-order valence-corrected chi connectivity index (χ2v) is 1.64. The third-order valence-corrected chi connectivity index (χ3v) is 0.917. The Bertz CT molecular complexity index is 76.6. The topological polar surface area (TPSA) is 24.1 Å². The molecule has 0 aliphatic rings. The molecule has 0 aliphatic carbocycles. The van der Waals surface area contributed by atoms with Crippen LogP contribution in [0.2, 0.25) is 0 Å². The second kappa shape index (κ2) is 4.50. The predicted molar refractivity (Wildman–Crippen MR) is 36.5 cm³/mol. The largest absolute Gasteiger partial charge is 0.390 e. The Balaban J connectivity index is 3.26. The molecule has 0 aromatic heterocycles. The Labute approximate surface area is 51.0 Å². The SMILES string of the molecule is CCN/C=C(\C)NC. The summed E-state index contributed by atoms with van der Waals surface area (Å²) in [6, 6.07) is 0. The lowest BCUT2D eigenvalue weighted by molar-refractivity contribution is 0.873. The van der Waals surface area contributed by atoms with Crippen LogP contribution in [0.4, 0.5) is 0 Å². The van der Waals surface area contributed by atoms with E-state index in [1.807, 2.05) is 20.2 Å². The summed E-state index contributed by atoms with van der Waals surface area (Å²) in [5.74, 6) is 0. The molecule has 0 aliphatic heterocycles. The van der Waals surface area contributed by atoms with Gasteiger partial charge in [0.2, 0.25) is 0 Å². The van der Waals surface area contributed by atoms with Gasteiger partial charge in [-0.05, 0) is 13.8 Å². The van der Waals surface area contributed by atoms with E-state index in [0.29, 0.717) is 0 Å². The number of nitrogens with one attached hydrogen (secondary N) is 2. The third-order valence-electron chi connectivity index (χ3n) is 0.917. The Morgan fingerprint density at radius 1 is 1.62 bits per heavy atom. The van der Waals surface area contributed by atoms with Gasteiger partial charge in [-0.15, -0.1) is 0 Å². The number of hydrogen-bond donors (Lipinski definition) is 2. The molecule has 0 aromatic carbocycles. The van der Waals surface area contributed by atoms with Gasteiger partial charge in [0, 0.05) is 25.5 Å². The number of allylic oxidation sites excluding steroid dienone is 1. The van der Waals surface area contributed by atoms with Crippen molar-refractivity contribution in [2.45, 2.75) is 13.8 Å². The normalized spacial score (nSPS) is 11.1. The monoisotopic (exact) mass is 114 g/mol. The maximum Gasteiger partial charge on any atom is 0.0232 e. The summed E-state index contributed by atoms with van der Waals surface area (Å²) in [5, 5.41) is 6.07. The fourth-order valence-electron chi connectivity index (χ4n) is 0.327. The Morgan fingerprint density at radius 2 is 2.25 bits per heavy atom. The van der Waals surface area contributed by atoms with Crippen LogP contribution in [0.5, 0.6) is 0 Å². The third kappa shape index (κ3) is 3.53. The van der Waals surface area contributed by atoms with E-state index < -0.39 is 0 Å². The molecular formula is C6H14N2. The smallest absolute Gasteiger partial charge is 0.0232 e. The van der Waals surface area contributed by atoms with Crippen LogP contribution in [-0.2, 0) is 0 Å². The van der Waals surface area contributed by atoms with Crippen molar-refractivity contribution < 1.29 is 0 Å². The molecular weight excluding hydrogens is 100 g/mol. The summed E-state index contributed by atoms with van der Waals surface area (Å²) in [5.41, 5.74) is 1.16. The Morgan fingerprint density at radius 3 is 2.62 bits per heavy atom. The van der Waals surface area contributed by atoms with Gasteiger partial charge >= 0.3 is 0 Å². The zero-order valence-corrected chi connectivity index (χ0v) is 5.78. The molecule has 2 heteroatoms. The summed E-state index contributed by atoms with van der Waals surface area (Å²) in [7, 11) is 1.91. The molecule has 0 bridgehead atoms. The molecule has 0 amide bonds. The van der Waals surface area contributed by atoms with E-state index in [1.54, 1.807) is 0 Å². The highest BCUT2D eigenvalue weighted by Crippen LogP contribution is 1.77. The molecule has 0 saturated heterocycles. The van der Waals surface area contributed by atoms with E-state index in [9.17, 15) is 0 Å². The van der Waals surface area contributed by atoms with Gasteiger partial charge in [0.1, 0.15) is 0 Å². The first kappa shape index (κ1) is 7.34. The van der Waals surface area contributed by atoms with Gasteiger partial charge in [-0.3, -0.25) is 0 Å². The van der Waals surface area contributed by atoms with Crippen molar-refractivity contribution in [1.82, 2.24) is 10.6 Å². The predicted octanol–water partition coefficient (Wildman–Crippen LogP) is 0.677. The minimum absolute atomic E-state index is 0.985. The first-order valence-corrected chi connectivity index (χ1v) is 2.89. The van der Waals surface area contributed by atoms with Gasteiger partial charge in [-0.1, -0.05) is 0 Å².